The average molecular weight is 380 g/mol. The van der Waals surface area contributed by atoms with Gasteiger partial charge in [0.15, 0.2) is 5.13 Å². The molecule has 4 nitrogen and oxygen atoms in total. The summed E-state index contributed by atoms with van der Waals surface area (Å²) in [4.78, 5) is 12.0. The number of aromatic nitrogens is 1. The minimum atomic E-state index is -0.130. The van der Waals surface area contributed by atoms with Gasteiger partial charge < -0.3 is 0 Å². The van der Waals surface area contributed by atoms with Gasteiger partial charge in [-0.3, -0.25) is 4.90 Å². The van der Waals surface area contributed by atoms with Gasteiger partial charge in [-0.1, -0.05) is 72.0 Å². The van der Waals surface area contributed by atoms with Gasteiger partial charge in [0.25, 0.3) is 0 Å². The molecule has 134 valence electrons. The van der Waals surface area contributed by atoms with Crippen LogP contribution in [0.15, 0.2) is 83.9 Å². The van der Waals surface area contributed by atoms with Crippen molar-refractivity contribution in [3.63, 3.8) is 0 Å². The largest absolute Gasteiger partial charge is 0.293 e. The number of hydrogen-bond donors (Lipinski definition) is 0. The zero-order valence-electron chi connectivity index (χ0n) is 15.0. The van der Waals surface area contributed by atoms with Crippen molar-refractivity contribution >= 4 is 38.2 Å². The van der Waals surface area contributed by atoms with Gasteiger partial charge in [0.1, 0.15) is 5.84 Å². The molecular formula is C23H16N4S. The highest BCUT2D eigenvalue weighted by Gasteiger charge is 2.33. The summed E-state index contributed by atoms with van der Waals surface area (Å²) in [5, 5.41) is 10.4. The molecule has 0 saturated heterocycles. The number of benzene rings is 3. The summed E-state index contributed by atoms with van der Waals surface area (Å²) in [6.07, 6.45) is 0.360. The normalized spacial score (nSPS) is 15.8. The zero-order valence-corrected chi connectivity index (χ0v) is 15.8. The molecule has 4 aromatic rings. The molecule has 5 rings (SSSR count). The summed E-state index contributed by atoms with van der Waals surface area (Å²) in [6.45, 7) is 0. The monoisotopic (exact) mass is 380 g/mol. The van der Waals surface area contributed by atoms with Gasteiger partial charge in [0.2, 0.25) is 0 Å². The van der Waals surface area contributed by atoms with Crippen LogP contribution in [-0.2, 0) is 0 Å². The lowest BCUT2D eigenvalue weighted by Crippen LogP contribution is -2.37. The van der Waals surface area contributed by atoms with Crippen LogP contribution in [0.1, 0.15) is 23.6 Å². The molecule has 1 atom stereocenters. The second-order valence-corrected chi connectivity index (χ2v) is 7.58. The molecule has 0 radical (unpaired) electrons. The van der Waals surface area contributed by atoms with Gasteiger partial charge in [-0.2, -0.15) is 5.26 Å². The van der Waals surface area contributed by atoms with Gasteiger partial charge in [-0.25, -0.2) is 9.98 Å². The van der Waals surface area contributed by atoms with Crippen LogP contribution in [0.3, 0.4) is 0 Å². The molecule has 5 heteroatoms. The van der Waals surface area contributed by atoms with Crippen molar-refractivity contribution < 1.29 is 0 Å². The molecule has 2 heterocycles. The van der Waals surface area contributed by atoms with Crippen LogP contribution < -0.4 is 4.90 Å². The Balaban J connectivity index is 1.76. The molecule has 1 aliphatic rings. The van der Waals surface area contributed by atoms with E-state index in [9.17, 15) is 5.26 Å². The Labute approximate surface area is 167 Å². The van der Waals surface area contributed by atoms with Crippen LogP contribution in [0.2, 0.25) is 0 Å². The third kappa shape index (κ3) is 2.75. The number of amidine groups is 1. The first-order valence-corrected chi connectivity index (χ1v) is 9.91. The van der Waals surface area contributed by atoms with E-state index < -0.39 is 0 Å². The highest BCUT2D eigenvalue weighted by Crippen LogP contribution is 2.42. The fourth-order valence-corrected chi connectivity index (χ4v) is 4.61. The predicted molar refractivity (Wildman–Crippen MR) is 114 cm³/mol. The Bertz CT molecular complexity index is 1190. The lowest BCUT2D eigenvalue weighted by atomic mass is 9.97. The maximum atomic E-state index is 9.57. The van der Waals surface area contributed by atoms with Crippen molar-refractivity contribution in [2.45, 2.75) is 12.5 Å². The molecular weight excluding hydrogens is 364 g/mol. The average Bonchev–Trinajstić information content (AvgIpc) is 3.18. The highest BCUT2D eigenvalue weighted by atomic mass is 32.1. The SMILES string of the molecule is N#CCC1c2ccccc2N=C(c2ccccc2)N1c1nc2ccccc2s1. The zero-order chi connectivity index (χ0) is 18.9. The van der Waals surface area contributed by atoms with E-state index in [4.69, 9.17) is 9.98 Å². The maximum absolute atomic E-state index is 9.57. The lowest BCUT2D eigenvalue weighted by molar-refractivity contribution is 0.719. The quantitative estimate of drug-likeness (QED) is 0.448. The highest BCUT2D eigenvalue weighted by molar-refractivity contribution is 7.22. The number of aliphatic imine (C=N–C) groups is 1. The van der Waals surface area contributed by atoms with Crippen molar-refractivity contribution in [3.8, 4) is 6.07 Å². The maximum Gasteiger partial charge on any atom is 0.192 e. The molecule has 0 amide bonds. The first-order valence-electron chi connectivity index (χ1n) is 9.10. The van der Waals surface area contributed by atoms with Crippen LogP contribution in [0.5, 0.6) is 0 Å². The standard InChI is InChI=1S/C23H16N4S/c24-15-14-20-17-10-4-5-11-18(17)25-22(16-8-2-1-3-9-16)27(20)23-26-19-12-6-7-13-21(19)28-23/h1-13,20H,14H2. The molecule has 0 fully saturated rings. The second kappa shape index (κ2) is 6.91. The summed E-state index contributed by atoms with van der Waals surface area (Å²) in [7, 11) is 0. The number of rotatable bonds is 3. The smallest absolute Gasteiger partial charge is 0.192 e. The second-order valence-electron chi connectivity index (χ2n) is 6.57. The molecule has 0 aliphatic carbocycles. The van der Waals surface area contributed by atoms with E-state index in [-0.39, 0.29) is 6.04 Å². The third-order valence-corrected chi connectivity index (χ3v) is 5.90. The van der Waals surface area contributed by atoms with Crippen molar-refractivity contribution in [2.75, 3.05) is 4.90 Å². The van der Waals surface area contributed by atoms with E-state index >= 15 is 0 Å². The van der Waals surface area contributed by atoms with E-state index in [1.807, 2.05) is 54.6 Å². The van der Waals surface area contributed by atoms with E-state index in [2.05, 4.69) is 35.2 Å². The molecule has 3 aromatic carbocycles. The van der Waals surface area contributed by atoms with Crippen molar-refractivity contribution in [2.24, 2.45) is 4.99 Å². The van der Waals surface area contributed by atoms with E-state index in [0.717, 1.165) is 38.0 Å². The Morgan fingerprint density at radius 3 is 2.50 bits per heavy atom. The van der Waals surface area contributed by atoms with E-state index in [0.29, 0.717) is 6.42 Å². The van der Waals surface area contributed by atoms with Crippen LogP contribution in [0.25, 0.3) is 10.2 Å². The molecule has 0 bridgehead atoms. The summed E-state index contributed by atoms with van der Waals surface area (Å²) < 4.78 is 1.12. The van der Waals surface area contributed by atoms with Crippen molar-refractivity contribution in [1.29, 1.82) is 5.26 Å². The first-order chi connectivity index (χ1) is 13.8. The number of para-hydroxylation sites is 2. The van der Waals surface area contributed by atoms with Crippen molar-refractivity contribution in [1.82, 2.24) is 4.98 Å². The van der Waals surface area contributed by atoms with Crippen LogP contribution >= 0.6 is 11.3 Å². The third-order valence-electron chi connectivity index (χ3n) is 4.87. The Morgan fingerprint density at radius 2 is 1.68 bits per heavy atom. The molecule has 1 unspecified atom stereocenters. The summed E-state index contributed by atoms with van der Waals surface area (Å²) in [6, 6.07) is 28.5. The molecule has 1 aromatic heterocycles. The number of anilines is 1. The molecule has 0 N–H and O–H groups in total. The molecule has 28 heavy (non-hydrogen) atoms. The Kier molecular flexibility index (Phi) is 4.12. The van der Waals surface area contributed by atoms with Gasteiger partial charge in [0.05, 0.1) is 34.4 Å². The van der Waals surface area contributed by atoms with Gasteiger partial charge in [0, 0.05) is 11.1 Å². The van der Waals surface area contributed by atoms with Gasteiger partial charge in [-0.05, 0) is 18.2 Å². The van der Waals surface area contributed by atoms with E-state index in [1.165, 1.54) is 0 Å². The molecule has 0 spiro atoms. The topological polar surface area (TPSA) is 52.3 Å². The fourth-order valence-electron chi connectivity index (χ4n) is 3.59. The Morgan fingerprint density at radius 1 is 0.929 bits per heavy atom. The summed E-state index contributed by atoms with van der Waals surface area (Å²) >= 11 is 1.63. The number of hydrogen-bond acceptors (Lipinski definition) is 5. The minimum absolute atomic E-state index is 0.130. The molecule has 0 saturated carbocycles. The Hall–Kier alpha value is -3.49. The number of nitrogens with zero attached hydrogens (tertiary/aromatic N) is 4. The van der Waals surface area contributed by atoms with Gasteiger partial charge in [-0.15, -0.1) is 0 Å². The van der Waals surface area contributed by atoms with E-state index in [1.54, 1.807) is 11.3 Å². The van der Waals surface area contributed by atoms with Crippen molar-refractivity contribution in [3.05, 3.63) is 90.0 Å². The van der Waals surface area contributed by atoms with Crippen LogP contribution in [0.4, 0.5) is 10.8 Å². The number of thiazole rings is 1. The first kappa shape index (κ1) is 16.7. The van der Waals surface area contributed by atoms with Gasteiger partial charge >= 0.3 is 0 Å². The summed E-state index contributed by atoms with van der Waals surface area (Å²) in [5.41, 5.74) is 3.95. The predicted octanol–water partition coefficient (Wildman–Crippen LogP) is 5.85. The molecule has 1 aliphatic heterocycles. The van der Waals surface area contributed by atoms with Crippen LogP contribution in [0, 0.1) is 11.3 Å². The van der Waals surface area contributed by atoms with Crippen LogP contribution in [-0.4, -0.2) is 10.8 Å². The fraction of sp³-hybridized carbons (Fsp3) is 0.0870. The number of nitriles is 1. The number of fused-ring (bicyclic) bond motifs is 2. The lowest BCUT2D eigenvalue weighted by Gasteiger charge is -2.35. The minimum Gasteiger partial charge on any atom is -0.293 e. The summed E-state index contributed by atoms with van der Waals surface area (Å²) in [5.74, 6) is 0.832.